The molecule has 0 unspecified atom stereocenters. The lowest BCUT2D eigenvalue weighted by atomic mass is 10.1. The molecule has 15 heavy (non-hydrogen) atoms. The summed E-state index contributed by atoms with van der Waals surface area (Å²) in [6.45, 7) is 1.89. The molecule has 76 valence electrons. The van der Waals surface area contributed by atoms with Gasteiger partial charge in [0.2, 0.25) is 0 Å². The number of aryl methyl sites for hydroxylation is 1. The number of hydrogen-bond donors (Lipinski definition) is 0. The number of pyridine rings is 1. The number of hydrogen-bond acceptors (Lipinski definition) is 4. The first-order chi connectivity index (χ1) is 7.25. The topological polar surface area (TPSA) is 42.9 Å². The number of Topliss-reactive ketones (excluding diaryl/α,β-unsaturated/α-hetero) is 1. The Balaban J connectivity index is 2.11. The molecule has 0 bridgehead atoms. The van der Waals surface area contributed by atoms with Crippen molar-refractivity contribution in [1.29, 1.82) is 0 Å². The highest BCUT2D eigenvalue weighted by Crippen LogP contribution is 2.10. The molecule has 0 aliphatic rings. The molecule has 0 spiro atoms. The van der Waals surface area contributed by atoms with Gasteiger partial charge in [-0.05, 0) is 18.6 Å². The van der Waals surface area contributed by atoms with Crippen molar-refractivity contribution in [1.82, 2.24) is 9.97 Å². The van der Waals surface area contributed by atoms with Crippen molar-refractivity contribution in [3.05, 3.63) is 46.2 Å². The number of thiazole rings is 1. The summed E-state index contributed by atoms with van der Waals surface area (Å²) in [5, 5.41) is 2.72. The summed E-state index contributed by atoms with van der Waals surface area (Å²) in [5.41, 5.74) is 1.48. The van der Waals surface area contributed by atoms with Crippen LogP contribution >= 0.6 is 11.3 Å². The molecule has 0 radical (unpaired) electrons. The highest BCUT2D eigenvalue weighted by atomic mass is 32.1. The zero-order chi connectivity index (χ0) is 10.7. The Morgan fingerprint density at radius 2 is 2.40 bits per heavy atom. The van der Waals surface area contributed by atoms with Crippen LogP contribution in [-0.4, -0.2) is 15.8 Å². The van der Waals surface area contributed by atoms with Gasteiger partial charge in [0.05, 0.1) is 5.01 Å². The zero-order valence-corrected chi connectivity index (χ0v) is 9.12. The highest BCUT2D eigenvalue weighted by molar-refractivity contribution is 7.09. The van der Waals surface area contributed by atoms with Crippen LogP contribution in [0.15, 0.2) is 29.9 Å². The Bertz CT molecular complexity index is 464. The first kappa shape index (κ1) is 9.98. The van der Waals surface area contributed by atoms with Gasteiger partial charge >= 0.3 is 0 Å². The monoisotopic (exact) mass is 218 g/mol. The number of nitrogens with zero attached hydrogens (tertiary/aromatic N) is 2. The second-order valence-corrected chi connectivity index (χ2v) is 4.28. The number of aromatic nitrogens is 2. The minimum Gasteiger partial charge on any atom is -0.292 e. The summed E-state index contributed by atoms with van der Waals surface area (Å²) in [6, 6.07) is 3.72. The molecule has 2 heterocycles. The Hall–Kier alpha value is -1.55. The Morgan fingerprint density at radius 1 is 1.53 bits per heavy atom. The summed E-state index contributed by atoms with van der Waals surface area (Å²) in [4.78, 5) is 19.9. The normalized spacial score (nSPS) is 10.2. The van der Waals surface area contributed by atoms with Gasteiger partial charge in [-0.2, -0.15) is 0 Å². The van der Waals surface area contributed by atoms with Crippen LogP contribution in [0, 0.1) is 6.92 Å². The van der Waals surface area contributed by atoms with Gasteiger partial charge in [0.25, 0.3) is 0 Å². The fraction of sp³-hybridized carbons (Fsp3) is 0.182. The number of ketones is 1. The van der Waals surface area contributed by atoms with Crippen LogP contribution in [0.2, 0.25) is 0 Å². The third kappa shape index (κ3) is 2.47. The molecule has 0 aliphatic carbocycles. The predicted molar refractivity (Wildman–Crippen MR) is 59.1 cm³/mol. The second-order valence-electron chi connectivity index (χ2n) is 3.21. The fourth-order valence-corrected chi connectivity index (χ4v) is 1.89. The minimum absolute atomic E-state index is 0.0485. The first-order valence-electron chi connectivity index (χ1n) is 4.60. The average molecular weight is 218 g/mol. The van der Waals surface area contributed by atoms with E-state index in [1.54, 1.807) is 17.8 Å². The van der Waals surface area contributed by atoms with E-state index in [2.05, 4.69) is 9.97 Å². The van der Waals surface area contributed by atoms with Gasteiger partial charge in [-0.15, -0.1) is 11.3 Å². The molecule has 0 atom stereocenters. The maximum absolute atomic E-state index is 11.7. The first-order valence-corrected chi connectivity index (χ1v) is 5.48. The number of rotatable bonds is 3. The standard InChI is InChI=1S/C11H10N2OS/c1-8-13-10(7-15-8)11(14)5-9-3-2-4-12-6-9/h2-4,6-7H,5H2,1H3. The molecule has 0 amide bonds. The van der Waals surface area contributed by atoms with Gasteiger partial charge in [0, 0.05) is 24.2 Å². The lowest BCUT2D eigenvalue weighted by Crippen LogP contribution is -2.04. The average Bonchev–Trinajstić information content (AvgIpc) is 2.66. The van der Waals surface area contributed by atoms with Crippen LogP contribution in [-0.2, 0) is 6.42 Å². The number of carbonyl (C=O) groups is 1. The summed E-state index contributed by atoms with van der Waals surface area (Å²) in [6.07, 6.45) is 3.77. The van der Waals surface area contributed by atoms with Crippen molar-refractivity contribution in [2.24, 2.45) is 0 Å². The zero-order valence-electron chi connectivity index (χ0n) is 8.30. The minimum atomic E-state index is 0.0485. The molecule has 0 N–H and O–H groups in total. The lowest BCUT2D eigenvalue weighted by Gasteiger charge is -1.96. The van der Waals surface area contributed by atoms with E-state index in [0.29, 0.717) is 12.1 Å². The highest BCUT2D eigenvalue weighted by Gasteiger charge is 2.09. The molecule has 0 saturated carbocycles. The Morgan fingerprint density at radius 3 is 3.00 bits per heavy atom. The molecule has 0 aromatic carbocycles. The largest absolute Gasteiger partial charge is 0.292 e. The van der Waals surface area contributed by atoms with Crippen molar-refractivity contribution < 1.29 is 4.79 Å². The van der Waals surface area contributed by atoms with Crippen molar-refractivity contribution in [2.45, 2.75) is 13.3 Å². The number of carbonyl (C=O) groups excluding carboxylic acids is 1. The molecule has 0 aliphatic heterocycles. The van der Waals surface area contributed by atoms with E-state index in [1.807, 2.05) is 19.1 Å². The second kappa shape index (κ2) is 4.31. The van der Waals surface area contributed by atoms with Gasteiger partial charge in [0.1, 0.15) is 5.69 Å². The summed E-state index contributed by atoms with van der Waals surface area (Å²) >= 11 is 1.50. The molecule has 2 rings (SSSR count). The van der Waals surface area contributed by atoms with Crippen LogP contribution in [0.4, 0.5) is 0 Å². The summed E-state index contributed by atoms with van der Waals surface area (Å²) in [7, 11) is 0. The van der Waals surface area contributed by atoms with Crippen molar-refractivity contribution in [3.8, 4) is 0 Å². The van der Waals surface area contributed by atoms with E-state index < -0.39 is 0 Å². The van der Waals surface area contributed by atoms with Crippen molar-refractivity contribution in [3.63, 3.8) is 0 Å². The third-order valence-corrected chi connectivity index (χ3v) is 2.77. The summed E-state index contributed by atoms with van der Waals surface area (Å²) < 4.78 is 0. The SMILES string of the molecule is Cc1nc(C(=O)Cc2cccnc2)cs1. The molecule has 2 aromatic rings. The van der Waals surface area contributed by atoms with Crippen LogP contribution < -0.4 is 0 Å². The van der Waals surface area contributed by atoms with Crippen molar-refractivity contribution >= 4 is 17.1 Å². The quantitative estimate of drug-likeness (QED) is 0.742. The molecule has 3 nitrogen and oxygen atoms in total. The van der Waals surface area contributed by atoms with Gasteiger partial charge < -0.3 is 0 Å². The van der Waals surface area contributed by atoms with Gasteiger partial charge in [-0.1, -0.05) is 6.07 Å². The van der Waals surface area contributed by atoms with Crippen LogP contribution in [0.5, 0.6) is 0 Å². The van der Waals surface area contributed by atoms with Gasteiger partial charge in [-0.3, -0.25) is 9.78 Å². The molecule has 0 fully saturated rings. The van der Waals surface area contributed by atoms with Crippen molar-refractivity contribution in [2.75, 3.05) is 0 Å². The fourth-order valence-electron chi connectivity index (χ4n) is 1.27. The van der Waals surface area contributed by atoms with Gasteiger partial charge in [0.15, 0.2) is 5.78 Å². The van der Waals surface area contributed by atoms with E-state index in [-0.39, 0.29) is 5.78 Å². The van der Waals surface area contributed by atoms with Crippen LogP contribution in [0.3, 0.4) is 0 Å². The van der Waals surface area contributed by atoms with E-state index >= 15 is 0 Å². The molecular formula is C11H10N2OS. The molecule has 0 saturated heterocycles. The predicted octanol–water partition coefficient (Wildman–Crippen LogP) is 2.27. The van der Waals surface area contributed by atoms with Gasteiger partial charge in [-0.25, -0.2) is 4.98 Å². The molecule has 4 heteroatoms. The van der Waals surface area contributed by atoms with E-state index in [1.165, 1.54) is 11.3 Å². The van der Waals surface area contributed by atoms with E-state index in [9.17, 15) is 4.79 Å². The van der Waals surface area contributed by atoms with E-state index in [4.69, 9.17) is 0 Å². The van der Waals surface area contributed by atoms with Crippen LogP contribution in [0.25, 0.3) is 0 Å². The maximum atomic E-state index is 11.7. The summed E-state index contributed by atoms with van der Waals surface area (Å²) in [5.74, 6) is 0.0485. The van der Waals surface area contributed by atoms with Crippen LogP contribution in [0.1, 0.15) is 21.1 Å². The third-order valence-electron chi connectivity index (χ3n) is 1.99. The Kier molecular flexibility index (Phi) is 2.87. The maximum Gasteiger partial charge on any atom is 0.186 e. The van der Waals surface area contributed by atoms with E-state index in [0.717, 1.165) is 10.6 Å². The molecular weight excluding hydrogens is 208 g/mol. The smallest absolute Gasteiger partial charge is 0.186 e. The Labute approximate surface area is 91.8 Å². The molecule has 2 aromatic heterocycles. The lowest BCUT2D eigenvalue weighted by molar-refractivity contribution is 0.0988.